The van der Waals surface area contributed by atoms with Gasteiger partial charge >= 0.3 is 0 Å². The molecule has 3 rings (SSSR count). The number of likely N-dealkylation sites (tertiary alicyclic amines) is 1. The summed E-state index contributed by atoms with van der Waals surface area (Å²) >= 11 is 0. The van der Waals surface area contributed by atoms with Crippen molar-refractivity contribution in [2.75, 3.05) is 32.9 Å². The molecular weight excluding hydrogens is 282 g/mol. The van der Waals surface area contributed by atoms with Crippen molar-refractivity contribution < 1.29 is 14.6 Å². The number of carbonyl (C=O) groups is 1. The van der Waals surface area contributed by atoms with Gasteiger partial charge < -0.3 is 15.2 Å². The van der Waals surface area contributed by atoms with Gasteiger partial charge in [0.15, 0.2) is 0 Å². The van der Waals surface area contributed by atoms with Crippen LogP contribution in [0.4, 0.5) is 0 Å². The normalized spacial score (nSPS) is 27.0. The van der Waals surface area contributed by atoms with Crippen LogP contribution in [0.1, 0.15) is 23.2 Å². The third kappa shape index (κ3) is 3.45. The molecule has 2 aliphatic rings. The molecule has 0 spiro atoms. The average molecular weight is 305 g/mol. The summed E-state index contributed by atoms with van der Waals surface area (Å²) in [6, 6.07) is 3.99. The zero-order valence-electron chi connectivity index (χ0n) is 12.6. The Bertz CT molecular complexity index is 491. The molecule has 0 aromatic carbocycles. The fourth-order valence-corrected chi connectivity index (χ4v) is 3.35. The number of pyridine rings is 1. The fourth-order valence-electron chi connectivity index (χ4n) is 3.35. The molecule has 22 heavy (non-hydrogen) atoms. The van der Waals surface area contributed by atoms with Gasteiger partial charge in [-0.3, -0.25) is 14.7 Å². The highest BCUT2D eigenvalue weighted by molar-refractivity contribution is 5.94. The molecule has 0 radical (unpaired) electrons. The molecule has 2 fully saturated rings. The van der Waals surface area contributed by atoms with E-state index in [1.807, 2.05) is 0 Å². The SMILES string of the molecule is O=C(N[C@@H]1CN(C2CCOCC2)C[C@H]1CO)c1cccnc1. The molecule has 2 N–H and O–H groups in total. The number of carbonyl (C=O) groups excluding carboxylic acids is 1. The van der Waals surface area contributed by atoms with Crippen molar-refractivity contribution in [2.45, 2.75) is 24.9 Å². The van der Waals surface area contributed by atoms with E-state index >= 15 is 0 Å². The molecule has 120 valence electrons. The molecule has 1 aromatic heterocycles. The molecule has 2 atom stereocenters. The summed E-state index contributed by atoms with van der Waals surface area (Å²) in [4.78, 5) is 18.6. The number of amides is 1. The van der Waals surface area contributed by atoms with Crippen molar-refractivity contribution in [1.82, 2.24) is 15.2 Å². The molecule has 3 heterocycles. The summed E-state index contributed by atoms with van der Waals surface area (Å²) in [6.45, 7) is 3.33. The number of hydrogen-bond acceptors (Lipinski definition) is 5. The first-order valence-corrected chi connectivity index (χ1v) is 7.91. The highest BCUT2D eigenvalue weighted by Crippen LogP contribution is 2.24. The van der Waals surface area contributed by atoms with Crippen LogP contribution in [0.25, 0.3) is 0 Å². The monoisotopic (exact) mass is 305 g/mol. The highest BCUT2D eigenvalue weighted by atomic mass is 16.5. The lowest BCUT2D eigenvalue weighted by Crippen LogP contribution is -2.43. The van der Waals surface area contributed by atoms with Crippen LogP contribution in [0.5, 0.6) is 0 Å². The lowest BCUT2D eigenvalue weighted by Gasteiger charge is -2.31. The maximum Gasteiger partial charge on any atom is 0.253 e. The van der Waals surface area contributed by atoms with Crippen LogP contribution in [0.2, 0.25) is 0 Å². The first-order chi connectivity index (χ1) is 10.8. The predicted molar refractivity (Wildman–Crippen MR) is 81.5 cm³/mol. The van der Waals surface area contributed by atoms with Gasteiger partial charge in [0.05, 0.1) is 5.56 Å². The Morgan fingerprint density at radius 1 is 1.41 bits per heavy atom. The molecule has 0 aliphatic carbocycles. The third-order valence-electron chi connectivity index (χ3n) is 4.65. The van der Waals surface area contributed by atoms with E-state index in [1.165, 1.54) is 0 Å². The smallest absolute Gasteiger partial charge is 0.253 e. The number of aliphatic hydroxyl groups excluding tert-OH is 1. The minimum atomic E-state index is -0.120. The van der Waals surface area contributed by atoms with Gasteiger partial charge in [-0.25, -0.2) is 0 Å². The van der Waals surface area contributed by atoms with Crippen molar-refractivity contribution in [2.24, 2.45) is 5.92 Å². The lowest BCUT2D eigenvalue weighted by atomic mass is 10.0. The summed E-state index contributed by atoms with van der Waals surface area (Å²) in [6.07, 6.45) is 5.27. The van der Waals surface area contributed by atoms with E-state index in [-0.39, 0.29) is 24.5 Å². The second-order valence-corrected chi connectivity index (χ2v) is 6.06. The number of hydrogen-bond donors (Lipinski definition) is 2. The molecule has 0 bridgehead atoms. The largest absolute Gasteiger partial charge is 0.396 e. The Balaban J connectivity index is 1.61. The summed E-state index contributed by atoms with van der Waals surface area (Å²) < 4.78 is 5.41. The van der Waals surface area contributed by atoms with Crippen LogP contribution in [-0.2, 0) is 4.74 Å². The topological polar surface area (TPSA) is 74.7 Å². The van der Waals surface area contributed by atoms with Crippen LogP contribution in [0.15, 0.2) is 24.5 Å². The Morgan fingerprint density at radius 2 is 2.23 bits per heavy atom. The zero-order valence-corrected chi connectivity index (χ0v) is 12.6. The van der Waals surface area contributed by atoms with Gasteiger partial charge in [0, 0.05) is 63.3 Å². The van der Waals surface area contributed by atoms with E-state index in [2.05, 4.69) is 15.2 Å². The minimum absolute atomic E-state index is 0.0134. The van der Waals surface area contributed by atoms with Gasteiger partial charge in [0.1, 0.15) is 0 Å². The highest BCUT2D eigenvalue weighted by Gasteiger charge is 2.37. The van der Waals surface area contributed by atoms with Gasteiger partial charge in [0.25, 0.3) is 5.91 Å². The molecule has 2 aliphatic heterocycles. The van der Waals surface area contributed by atoms with Crippen molar-refractivity contribution in [3.8, 4) is 0 Å². The van der Waals surface area contributed by atoms with Crippen molar-refractivity contribution >= 4 is 5.91 Å². The minimum Gasteiger partial charge on any atom is -0.396 e. The van der Waals surface area contributed by atoms with Crippen LogP contribution in [0.3, 0.4) is 0 Å². The number of aliphatic hydroxyl groups is 1. The maximum atomic E-state index is 12.3. The van der Waals surface area contributed by atoms with Crippen molar-refractivity contribution in [1.29, 1.82) is 0 Å². The summed E-state index contributed by atoms with van der Waals surface area (Å²) in [5.74, 6) is -0.0335. The molecular formula is C16H23N3O3. The number of ether oxygens (including phenoxy) is 1. The van der Waals surface area contributed by atoms with Crippen LogP contribution < -0.4 is 5.32 Å². The third-order valence-corrected chi connectivity index (χ3v) is 4.65. The van der Waals surface area contributed by atoms with Gasteiger partial charge in [-0.05, 0) is 25.0 Å². The van der Waals surface area contributed by atoms with Gasteiger partial charge in [0.2, 0.25) is 0 Å². The van der Waals surface area contributed by atoms with Gasteiger partial charge in [-0.15, -0.1) is 0 Å². The summed E-state index contributed by atoms with van der Waals surface area (Å²) in [5, 5.41) is 12.7. The second-order valence-electron chi connectivity index (χ2n) is 6.06. The summed E-state index contributed by atoms with van der Waals surface area (Å²) in [5.41, 5.74) is 0.559. The average Bonchev–Trinajstić information content (AvgIpc) is 2.99. The maximum absolute atomic E-state index is 12.3. The van der Waals surface area contributed by atoms with E-state index < -0.39 is 0 Å². The molecule has 2 saturated heterocycles. The number of rotatable bonds is 4. The number of aromatic nitrogens is 1. The van der Waals surface area contributed by atoms with Gasteiger partial charge in [-0.1, -0.05) is 0 Å². The fraction of sp³-hybridized carbons (Fsp3) is 0.625. The van der Waals surface area contributed by atoms with Crippen LogP contribution in [-0.4, -0.2) is 65.9 Å². The first kappa shape index (κ1) is 15.4. The molecule has 1 amide bonds. The Hall–Kier alpha value is -1.50. The second kappa shape index (κ2) is 7.17. The van der Waals surface area contributed by atoms with E-state index in [9.17, 15) is 9.90 Å². The molecule has 1 aromatic rings. The molecule has 6 nitrogen and oxygen atoms in total. The molecule has 6 heteroatoms. The van der Waals surface area contributed by atoms with Crippen LogP contribution >= 0.6 is 0 Å². The van der Waals surface area contributed by atoms with Crippen LogP contribution in [0, 0.1) is 5.92 Å². The number of nitrogens with one attached hydrogen (secondary N) is 1. The Kier molecular flexibility index (Phi) is 5.02. The zero-order chi connectivity index (χ0) is 15.4. The van der Waals surface area contributed by atoms with E-state index in [0.717, 1.165) is 39.1 Å². The standard InChI is InChI=1S/C16H23N3O3/c20-11-13-9-19(14-3-6-22-7-4-14)10-15(13)18-16(21)12-2-1-5-17-8-12/h1-2,5,8,13-15,20H,3-4,6-7,9-11H2,(H,18,21)/t13-,15+/m0/s1. The Morgan fingerprint density at radius 3 is 2.91 bits per heavy atom. The van der Waals surface area contributed by atoms with E-state index in [4.69, 9.17) is 4.74 Å². The predicted octanol–water partition coefficient (Wildman–Crippen LogP) is 0.283. The Labute approximate surface area is 130 Å². The summed E-state index contributed by atoms with van der Waals surface area (Å²) in [7, 11) is 0. The number of nitrogens with zero attached hydrogens (tertiary/aromatic N) is 2. The van der Waals surface area contributed by atoms with Crippen molar-refractivity contribution in [3.63, 3.8) is 0 Å². The van der Waals surface area contributed by atoms with E-state index in [1.54, 1.807) is 24.5 Å². The lowest BCUT2D eigenvalue weighted by molar-refractivity contribution is 0.0398. The van der Waals surface area contributed by atoms with Crippen molar-refractivity contribution in [3.05, 3.63) is 30.1 Å². The first-order valence-electron chi connectivity index (χ1n) is 7.91. The van der Waals surface area contributed by atoms with Gasteiger partial charge in [-0.2, -0.15) is 0 Å². The molecule has 0 unspecified atom stereocenters. The quantitative estimate of drug-likeness (QED) is 0.836. The van der Waals surface area contributed by atoms with E-state index in [0.29, 0.717) is 11.6 Å². The molecule has 0 saturated carbocycles.